The molecule has 0 unspecified atom stereocenters. The van der Waals surface area contributed by atoms with Crippen LogP contribution in [0.2, 0.25) is 0 Å². The summed E-state index contributed by atoms with van der Waals surface area (Å²) in [5.41, 5.74) is 8.63. The minimum Gasteiger partial charge on any atom is -0.375 e. The van der Waals surface area contributed by atoms with Crippen LogP contribution in [-0.2, 0) is 13.0 Å². The van der Waals surface area contributed by atoms with Crippen LogP contribution in [0, 0.1) is 0 Å². The average Bonchev–Trinajstić information content (AvgIpc) is 2.90. The number of carbonyl (C=O) groups excluding carboxylic acids is 1. The van der Waals surface area contributed by atoms with Crippen LogP contribution in [-0.4, -0.2) is 35.4 Å². The lowest BCUT2D eigenvalue weighted by atomic mass is 10.1. The molecule has 26 heavy (non-hydrogen) atoms. The molecule has 0 saturated carbocycles. The molecule has 0 radical (unpaired) electrons. The molecule has 0 aliphatic carbocycles. The van der Waals surface area contributed by atoms with Gasteiger partial charge in [-0.1, -0.05) is 25.0 Å². The fraction of sp³-hybridized carbons (Fsp3) is 0.500. The smallest absolute Gasteiger partial charge is 0.251 e. The normalized spacial score (nSPS) is 15.5. The number of nitrogens with two attached hydrogens (primary N) is 1. The van der Waals surface area contributed by atoms with E-state index in [1.165, 1.54) is 55.7 Å². The first-order chi connectivity index (χ1) is 12.7. The number of rotatable bonds is 7. The maximum absolute atomic E-state index is 12.3. The molecule has 5 nitrogen and oxygen atoms in total. The summed E-state index contributed by atoms with van der Waals surface area (Å²) in [5, 5.41) is 5.55. The standard InChI is InChI=1S/C20H28N4OS/c21-20-23-18(15-26-20)6-5-11-22-19(25)17-9-7-16(8-10-17)14-24-12-3-1-2-4-13-24/h7-10,15H,1-6,11-14H2,(H2,21,23)(H,22,25). The van der Waals surface area contributed by atoms with Crippen molar-refractivity contribution in [3.05, 3.63) is 46.5 Å². The first-order valence-corrected chi connectivity index (χ1v) is 10.4. The molecule has 1 aliphatic rings. The summed E-state index contributed by atoms with van der Waals surface area (Å²) in [4.78, 5) is 19.0. The Morgan fingerprint density at radius 1 is 1.15 bits per heavy atom. The second-order valence-electron chi connectivity index (χ2n) is 6.92. The van der Waals surface area contributed by atoms with Gasteiger partial charge in [-0.2, -0.15) is 0 Å². The van der Waals surface area contributed by atoms with Gasteiger partial charge in [-0.15, -0.1) is 11.3 Å². The number of carbonyl (C=O) groups is 1. The van der Waals surface area contributed by atoms with Crippen molar-refractivity contribution in [2.24, 2.45) is 0 Å². The van der Waals surface area contributed by atoms with E-state index >= 15 is 0 Å². The number of nitrogen functional groups attached to an aromatic ring is 1. The fourth-order valence-electron chi connectivity index (χ4n) is 3.32. The molecule has 0 atom stereocenters. The topological polar surface area (TPSA) is 71.2 Å². The van der Waals surface area contributed by atoms with Gasteiger partial charge in [0.05, 0.1) is 5.69 Å². The highest BCUT2D eigenvalue weighted by molar-refractivity contribution is 7.13. The predicted octanol–water partition coefficient (Wildman–Crippen LogP) is 3.46. The van der Waals surface area contributed by atoms with Gasteiger partial charge >= 0.3 is 0 Å². The number of likely N-dealkylation sites (tertiary alicyclic amines) is 1. The third-order valence-electron chi connectivity index (χ3n) is 4.79. The first kappa shape index (κ1) is 18.9. The maximum atomic E-state index is 12.3. The number of hydrogen-bond donors (Lipinski definition) is 2. The molecule has 3 N–H and O–H groups in total. The molecular weight excluding hydrogens is 344 g/mol. The molecule has 2 aromatic rings. The quantitative estimate of drug-likeness (QED) is 0.730. The van der Waals surface area contributed by atoms with E-state index in [1.54, 1.807) is 0 Å². The Bertz CT molecular complexity index is 690. The summed E-state index contributed by atoms with van der Waals surface area (Å²) in [6.07, 6.45) is 7.00. The van der Waals surface area contributed by atoms with Crippen LogP contribution >= 0.6 is 11.3 Å². The molecule has 2 heterocycles. The summed E-state index contributed by atoms with van der Waals surface area (Å²) in [7, 11) is 0. The first-order valence-electron chi connectivity index (χ1n) is 9.50. The van der Waals surface area contributed by atoms with Crippen LogP contribution in [0.15, 0.2) is 29.6 Å². The SMILES string of the molecule is Nc1nc(CCCNC(=O)c2ccc(CN3CCCCCC3)cc2)cs1. The number of benzene rings is 1. The Labute approximate surface area is 159 Å². The van der Waals surface area contributed by atoms with E-state index in [2.05, 4.69) is 27.3 Å². The van der Waals surface area contributed by atoms with Gasteiger partial charge in [0.2, 0.25) is 0 Å². The number of aryl methyl sites for hydroxylation is 1. The van der Waals surface area contributed by atoms with E-state index in [1.807, 2.05) is 17.5 Å². The Balaban J connectivity index is 1.41. The number of hydrogen-bond acceptors (Lipinski definition) is 5. The van der Waals surface area contributed by atoms with Crippen molar-refractivity contribution in [3.8, 4) is 0 Å². The minimum atomic E-state index is -0.0101. The van der Waals surface area contributed by atoms with Crippen LogP contribution in [0.3, 0.4) is 0 Å². The lowest BCUT2D eigenvalue weighted by Crippen LogP contribution is -2.25. The van der Waals surface area contributed by atoms with Gasteiger partial charge in [-0.25, -0.2) is 4.98 Å². The fourth-order valence-corrected chi connectivity index (χ4v) is 3.92. The van der Waals surface area contributed by atoms with Gasteiger partial charge in [0.1, 0.15) is 0 Å². The lowest BCUT2D eigenvalue weighted by Gasteiger charge is -2.19. The zero-order valence-electron chi connectivity index (χ0n) is 15.2. The van der Waals surface area contributed by atoms with Gasteiger partial charge in [0.15, 0.2) is 5.13 Å². The minimum absolute atomic E-state index is 0.0101. The maximum Gasteiger partial charge on any atom is 0.251 e. The summed E-state index contributed by atoms with van der Waals surface area (Å²) < 4.78 is 0. The van der Waals surface area contributed by atoms with Crippen molar-refractivity contribution in [2.45, 2.75) is 45.1 Å². The molecular formula is C20H28N4OS. The molecule has 1 saturated heterocycles. The number of nitrogens with one attached hydrogen (secondary N) is 1. The third kappa shape index (κ3) is 5.81. The van der Waals surface area contributed by atoms with E-state index in [4.69, 9.17) is 5.73 Å². The highest BCUT2D eigenvalue weighted by Gasteiger charge is 2.10. The van der Waals surface area contributed by atoms with Gasteiger partial charge in [0.25, 0.3) is 5.91 Å². The monoisotopic (exact) mass is 372 g/mol. The van der Waals surface area contributed by atoms with Crippen LogP contribution < -0.4 is 11.1 Å². The number of amides is 1. The molecule has 1 aromatic carbocycles. The van der Waals surface area contributed by atoms with Gasteiger partial charge in [0, 0.05) is 24.0 Å². The van der Waals surface area contributed by atoms with E-state index in [0.29, 0.717) is 11.7 Å². The summed E-state index contributed by atoms with van der Waals surface area (Å²) in [5.74, 6) is -0.0101. The lowest BCUT2D eigenvalue weighted by molar-refractivity contribution is 0.0953. The van der Waals surface area contributed by atoms with Gasteiger partial charge < -0.3 is 11.1 Å². The second kappa shape index (κ2) is 9.69. The molecule has 1 aromatic heterocycles. The predicted molar refractivity (Wildman–Crippen MR) is 107 cm³/mol. The van der Waals surface area contributed by atoms with E-state index < -0.39 is 0 Å². The molecule has 1 fully saturated rings. The largest absolute Gasteiger partial charge is 0.375 e. The highest BCUT2D eigenvalue weighted by Crippen LogP contribution is 2.14. The molecule has 140 valence electrons. The summed E-state index contributed by atoms with van der Waals surface area (Å²) in [6, 6.07) is 8.03. The Hall–Kier alpha value is -1.92. The van der Waals surface area contributed by atoms with Crippen molar-refractivity contribution in [2.75, 3.05) is 25.4 Å². The molecule has 1 aliphatic heterocycles. The Kier molecular flexibility index (Phi) is 7.03. The van der Waals surface area contributed by atoms with E-state index in [-0.39, 0.29) is 5.91 Å². The van der Waals surface area contributed by atoms with Crippen molar-refractivity contribution in [1.82, 2.24) is 15.2 Å². The van der Waals surface area contributed by atoms with Crippen LogP contribution in [0.5, 0.6) is 0 Å². The molecule has 6 heteroatoms. The van der Waals surface area contributed by atoms with Crippen LogP contribution in [0.25, 0.3) is 0 Å². The summed E-state index contributed by atoms with van der Waals surface area (Å²) in [6.45, 7) is 4.00. The number of thiazole rings is 1. The van der Waals surface area contributed by atoms with Gasteiger partial charge in [-0.05, 0) is 56.5 Å². The molecule has 1 amide bonds. The van der Waals surface area contributed by atoms with Crippen LogP contribution in [0.1, 0.15) is 53.7 Å². The number of nitrogens with zero attached hydrogens (tertiary/aromatic N) is 2. The Morgan fingerprint density at radius 3 is 2.54 bits per heavy atom. The molecule has 3 rings (SSSR count). The van der Waals surface area contributed by atoms with E-state index in [0.717, 1.165) is 30.6 Å². The van der Waals surface area contributed by atoms with Crippen molar-refractivity contribution in [3.63, 3.8) is 0 Å². The third-order valence-corrected chi connectivity index (χ3v) is 5.51. The van der Waals surface area contributed by atoms with Crippen molar-refractivity contribution >= 4 is 22.4 Å². The average molecular weight is 373 g/mol. The Morgan fingerprint density at radius 2 is 1.88 bits per heavy atom. The highest BCUT2D eigenvalue weighted by atomic mass is 32.1. The van der Waals surface area contributed by atoms with Crippen LogP contribution in [0.4, 0.5) is 5.13 Å². The van der Waals surface area contributed by atoms with Crippen molar-refractivity contribution < 1.29 is 4.79 Å². The molecule has 0 spiro atoms. The van der Waals surface area contributed by atoms with E-state index in [9.17, 15) is 4.79 Å². The number of anilines is 1. The number of aromatic nitrogens is 1. The van der Waals surface area contributed by atoms with Gasteiger partial charge in [-0.3, -0.25) is 9.69 Å². The zero-order valence-corrected chi connectivity index (χ0v) is 16.1. The summed E-state index contributed by atoms with van der Waals surface area (Å²) >= 11 is 1.46. The second-order valence-corrected chi connectivity index (χ2v) is 7.81. The van der Waals surface area contributed by atoms with Crippen molar-refractivity contribution in [1.29, 1.82) is 0 Å². The zero-order chi connectivity index (χ0) is 18.2. The molecule has 0 bridgehead atoms.